The second kappa shape index (κ2) is 7.13. The van der Waals surface area contributed by atoms with Gasteiger partial charge in [0.25, 0.3) is 0 Å². The van der Waals surface area contributed by atoms with Crippen LogP contribution < -0.4 is 4.74 Å². The third kappa shape index (κ3) is 3.89. The van der Waals surface area contributed by atoms with E-state index in [0.29, 0.717) is 13.0 Å². The molecule has 0 heterocycles. The second-order valence-electron chi connectivity index (χ2n) is 5.94. The van der Waals surface area contributed by atoms with Crippen LogP contribution in [0.5, 0.6) is 5.75 Å². The summed E-state index contributed by atoms with van der Waals surface area (Å²) in [7, 11) is 0. The van der Waals surface area contributed by atoms with Crippen LogP contribution >= 0.6 is 0 Å². The minimum atomic E-state index is -0.119. The molecule has 2 heteroatoms. The Balaban J connectivity index is 2.04. The van der Waals surface area contributed by atoms with Crippen molar-refractivity contribution in [3.8, 4) is 11.8 Å². The van der Waals surface area contributed by atoms with Gasteiger partial charge < -0.3 is 4.74 Å². The third-order valence-corrected chi connectivity index (χ3v) is 3.94. The zero-order chi connectivity index (χ0) is 16.1. The molecule has 0 bridgehead atoms. The molecule has 0 aliphatic rings. The molecular formula is C20H23NO. The molecule has 2 aromatic rings. The average molecular weight is 293 g/mol. The zero-order valence-electron chi connectivity index (χ0n) is 13.8. The number of nitriles is 1. The Morgan fingerprint density at radius 1 is 0.955 bits per heavy atom. The van der Waals surface area contributed by atoms with Crippen LogP contribution in [0.1, 0.15) is 40.2 Å². The van der Waals surface area contributed by atoms with Crippen molar-refractivity contribution in [1.29, 1.82) is 5.26 Å². The topological polar surface area (TPSA) is 33.0 Å². The summed E-state index contributed by atoms with van der Waals surface area (Å²) in [6.07, 6.45) is 0.703. The molecule has 0 fully saturated rings. The molecular weight excluding hydrogens is 270 g/mol. The minimum Gasteiger partial charge on any atom is -0.494 e. The fourth-order valence-corrected chi connectivity index (χ4v) is 2.94. The van der Waals surface area contributed by atoms with E-state index in [0.717, 1.165) is 11.3 Å². The predicted molar refractivity (Wildman–Crippen MR) is 90.3 cm³/mol. The first-order valence-corrected chi connectivity index (χ1v) is 7.68. The van der Waals surface area contributed by atoms with Crippen LogP contribution in [0, 0.1) is 39.0 Å². The van der Waals surface area contributed by atoms with Crippen molar-refractivity contribution in [2.45, 2.75) is 40.0 Å². The van der Waals surface area contributed by atoms with Crippen LogP contribution in [0.3, 0.4) is 0 Å². The lowest BCUT2D eigenvalue weighted by Crippen LogP contribution is -2.08. The molecule has 1 unspecified atom stereocenters. The van der Waals surface area contributed by atoms with Crippen molar-refractivity contribution in [3.63, 3.8) is 0 Å². The van der Waals surface area contributed by atoms with Crippen LogP contribution in [0.25, 0.3) is 0 Å². The van der Waals surface area contributed by atoms with E-state index in [9.17, 15) is 5.26 Å². The van der Waals surface area contributed by atoms with Crippen LogP contribution in [0.4, 0.5) is 0 Å². The quantitative estimate of drug-likeness (QED) is 0.777. The molecule has 0 N–H and O–H groups in total. The van der Waals surface area contributed by atoms with E-state index in [4.69, 9.17) is 4.74 Å². The number of aryl methyl sites for hydroxylation is 4. The Labute approximate surface area is 133 Å². The van der Waals surface area contributed by atoms with Gasteiger partial charge in [0.15, 0.2) is 0 Å². The first-order chi connectivity index (χ1) is 10.5. The highest BCUT2D eigenvalue weighted by atomic mass is 16.5. The van der Waals surface area contributed by atoms with Gasteiger partial charge in [-0.25, -0.2) is 0 Å². The van der Waals surface area contributed by atoms with Gasteiger partial charge in [-0.2, -0.15) is 5.26 Å². The predicted octanol–water partition coefficient (Wildman–Crippen LogP) is 5.00. The van der Waals surface area contributed by atoms with Gasteiger partial charge in [-0.05, 0) is 56.5 Å². The minimum absolute atomic E-state index is 0.119. The van der Waals surface area contributed by atoms with Gasteiger partial charge in [0.2, 0.25) is 0 Å². The molecule has 0 aliphatic carbocycles. The van der Waals surface area contributed by atoms with Crippen molar-refractivity contribution in [3.05, 3.63) is 64.2 Å². The standard InChI is InChI=1S/C20H23NO/c1-14-5-7-19(8-6-14)22-10-9-18(13-21)20-16(3)11-15(2)12-17(20)4/h5-8,11-12,18H,9-10H2,1-4H3. The summed E-state index contributed by atoms with van der Waals surface area (Å²) in [4.78, 5) is 0. The Bertz CT molecular complexity index is 657. The van der Waals surface area contributed by atoms with E-state index in [1.54, 1.807) is 0 Å². The second-order valence-corrected chi connectivity index (χ2v) is 5.94. The molecule has 2 aromatic carbocycles. The Morgan fingerprint density at radius 2 is 1.55 bits per heavy atom. The molecule has 0 amide bonds. The highest BCUT2D eigenvalue weighted by Gasteiger charge is 2.16. The van der Waals surface area contributed by atoms with Crippen molar-refractivity contribution in [2.75, 3.05) is 6.61 Å². The molecule has 0 saturated heterocycles. The number of rotatable bonds is 5. The molecule has 0 radical (unpaired) electrons. The Hall–Kier alpha value is -2.27. The number of ether oxygens (including phenoxy) is 1. The summed E-state index contributed by atoms with van der Waals surface area (Å²) in [6.45, 7) is 8.86. The third-order valence-electron chi connectivity index (χ3n) is 3.94. The van der Waals surface area contributed by atoms with Crippen molar-refractivity contribution in [2.24, 2.45) is 0 Å². The van der Waals surface area contributed by atoms with E-state index in [1.807, 2.05) is 24.3 Å². The van der Waals surface area contributed by atoms with Gasteiger partial charge in [0.1, 0.15) is 5.75 Å². The van der Waals surface area contributed by atoms with Crippen molar-refractivity contribution in [1.82, 2.24) is 0 Å². The molecule has 0 saturated carbocycles. The molecule has 2 nitrogen and oxygen atoms in total. The van der Waals surface area contributed by atoms with Crippen LogP contribution in [0.15, 0.2) is 36.4 Å². The summed E-state index contributed by atoms with van der Waals surface area (Å²) in [6, 6.07) is 14.7. The van der Waals surface area contributed by atoms with Gasteiger partial charge in [-0.3, -0.25) is 0 Å². The maximum absolute atomic E-state index is 9.53. The molecule has 0 aromatic heterocycles. The Kier molecular flexibility index (Phi) is 5.22. The molecule has 1 atom stereocenters. The highest BCUT2D eigenvalue weighted by molar-refractivity contribution is 5.42. The summed E-state index contributed by atoms with van der Waals surface area (Å²) in [5.74, 6) is 0.741. The number of hydrogen-bond acceptors (Lipinski definition) is 2. The maximum atomic E-state index is 9.53. The SMILES string of the molecule is Cc1ccc(OCCC(C#N)c2c(C)cc(C)cc2C)cc1. The smallest absolute Gasteiger partial charge is 0.119 e. The van der Waals surface area contributed by atoms with E-state index in [-0.39, 0.29) is 5.92 Å². The van der Waals surface area contributed by atoms with E-state index in [1.165, 1.54) is 22.3 Å². The average Bonchev–Trinajstić information content (AvgIpc) is 2.46. The summed E-state index contributed by atoms with van der Waals surface area (Å²) >= 11 is 0. The largest absolute Gasteiger partial charge is 0.494 e. The van der Waals surface area contributed by atoms with Crippen molar-refractivity contribution < 1.29 is 4.74 Å². The Morgan fingerprint density at radius 3 is 2.09 bits per heavy atom. The van der Waals surface area contributed by atoms with Gasteiger partial charge in [-0.15, -0.1) is 0 Å². The van der Waals surface area contributed by atoms with Crippen LogP contribution in [0.2, 0.25) is 0 Å². The van der Waals surface area contributed by atoms with Crippen molar-refractivity contribution >= 4 is 0 Å². The molecule has 0 aliphatic heterocycles. The van der Waals surface area contributed by atoms with Gasteiger partial charge in [-0.1, -0.05) is 35.4 Å². The van der Waals surface area contributed by atoms with Gasteiger partial charge >= 0.3 is 0 Å². The molecule has 0 spiro atoms. The fraction of sp³-hybridized carbons (Fsp3) is 0.350. The lowest BCUT2D eigenvalue weighted by molar-refractivity contribution is 0.305. The fourth-order valence-electron chi connectivity index (χ4n) is 2.94. The summed E-state index contributed by atoms with van der Waals surface area (Å²) < 4.78 is 5.77. The lowest BCUT2D eigenvalue weighted by atomic mass is 9.88. The van der Waals surface area contributed by atoms with Gasteiger partial charge in [0, 0.05) is 6.42 Å². The molecule has 2 rings (SSSR count). The normalized spacial score (nSPS) is 11.8. The summed E-state index contributed by atoms with van der Waals surface area (Å²) in [5, 5.41) is 9.53. The van der Waals surface area contributed by atoms with E-state index < -0.39 is 0 Å². The molecule has 114 valence electrons. The highest BCUT2D eigenvalue weighted by Crippen LogP contribution is 2.27. The number of nitrogens with zero attached hydrogens (tertiary/aromatic N) is 1. The monoisotopic (exact) mass is 293 g/mol. The zero-order valence-corrected chi connectivity index (χ0v) is 13.8. The molecule has 22 heavy (non-hydrogen) atoms. The van der Waals surface area contributed by atoms with Gasteiger partial charge in [0.05, 0.1) is 18.6 Å². The van der Waals surface area contributed by atoms with Crippen LogP contribution in [-0.2, 0) is 0 Å². The lowest BCUT2D eigenvalue weighted by Gasteiger charge is -2.17. The maximum Gasteiger partial charge on any atom is 0.119 e. The first kappa shape index (κ1) is 16.1. The van der Waals surface area contributed by atoms with Crippen LogP contribution in [-0.4, -0.2) is 6.61 Å². The van der Waals surface area contributed by atoms with E-state index in [2.05, 4.69) is 45.9 Å². The summed E-state index contributed by atoms with van der Waals surface area (Å²) in [5.41, 5.74) is 6.00. The number of benzene rings is 2. The number of hydrogen-bond donors (Lipinski definition) is 0. The first-order valence-electron chi connectivity index (χ1n) is 7.68. The van der Waals surface area contributed by atoms with E-state index >= 15 is 0 Å².